The van der Waals surface area contributed by atoms with Gasteiger partial charge in [-0.2, -0.15) is 0 Å². The third-order valence-electron chi connectivity index (χ3n) is 3.40. The molecular weight excluding hydrogens is 292 g/mol. The Hall–Kier alpha value is -1.52. The van der Waals surface area contributed by atoms with Gasteiger partial charge in [-0.05, 0) is 42.5 Å². The summed E-state index contributed by atoms with van der Waals surface area (Å²) in [5.41, 5.74) is 6.80. The van der Waals surface area contributed by atoms with E-state index in [2.05, 4.69) is 6.07 Å². The molecule has 104 valence electrons. The van der Waals surface area contributed by atoms with E-state index in [0.717, 1.165) is 12.8 Å². The second kappa shape index (κ2) is 5.46. The molecule has 2 N–H and O–H groups in total. The summed E-state index contributed by atoms with van der Waals surface area (Å²) < 4.78 is 0. The van der Waals surface area contributed by atoms with Crippen molar-refractivity contribution in [1.29, 1.82) is 0 Å². The van der Waals surface area contributed by atoms with Crippen molar-refractivity contribution in [3.05, 3.63) is 51.2 Å². The summed E-state index contributed by atoms with van der Waals surface area (Å²) in [7, 11) is 0. The van der Waals surface area contributed by atoms with Gasteiger partial charge < -0.3 is 10.6 Å². The SMILES string of the molecule is Nc1ccc(C(=O)N(Cc2cccs2)C2CC2)cc1Cl. The number of amides is 1. The van der Waals surface area contributed by atoms with Gasteiger partial charge in [0.05, 0.1) is 17.3 Å². The highest BCUT2D eigenvalue weighted by Gasteiger charge is 2.33. The van der Waals surface area contributed by atoms with Gasteiger partial charge in [-0.15, -0.1) is 11.3 Å². The van der Waals surface area contributed by atoms with Crippen LogP contribution < -0.4 is 5.73 Å². The fourth-order valence-corrected chi connectivity index (χ4v) is 3.03. The minimum atomic E-state index is 0.0304. The summed E-state index contributed by atoms with van der Waals surface area (Å²) in [5.74, 6) is 0.0304. The standard InChI is InChI=1S/C15H15ClN2OS/c16-13-8-10(3-6-14(13)17)15(19)18(11-4-5-11)9-12-2-1-7-20-12/h1-3,6-8,11H,4-5,9,17H2. The number of thiophene rings is 1. The first-order chi connectivity index (χ1) is 9.65. The summed E-state index contributed by atoms with van der Waals surface area (Å²) in [4.78, 5) is 15.8. The highest BCUT2D eigenvalue weighted by atomic mass is 35.5. The van der Waals surface area contributed by atoms with E-state index in [0.29, 0.717) is 28.9 Å². The van der Waals surface area contributed by atoms with Crippen LogP contribution in [0.2, 0.25) is 5.02 Å². The summed E-state index contributed by atoms with van der Waals surface area (Å²) in [5, 5.41) is 2.47. The fraction of sp³-hybridized carbons (Fsp3) is 0.267. The Balaban J connectivity index is 1.83. The van der Waals surface area contributed by atoms with Crippen LogP contribution in [0.15, 0.2) is 35.7 Å². The van der Waals surface area contributed by atoms with Crippen molar-refractivity contribution in [2.75, 3.05) is 5.73 Å². The van der Waals surface area contributed by atoms with E-state index in [9.17, 15) is 4.79 Å². The molecule has 0 aliphatic heterocycles. The lowest BCUT2D eigenvalue weighted by Gasteiger charge is -2.22. The van der Waals surface area contributed by atoms with Gasteiger partial charge in [0.25, 0.3) is 5.91 Å². The van der Waals surface area contributed by atoms with Crippen LogP contribution in [0, 0.1) is 0 Å². The molecular formula is C15H15ClN2OS. The Kier molecular flexibility index (Phi) is 3.68. The quantitative estimate of drug-likeness (QED) is 0.874. The van der Waals surface area contributed by atoms with Crippen LogP contribution in [0.4, 0.5) is 5.69 Å². The normalized spacial score (nSPS) is 14.2. The van der Waals surface area contributed by atoms with Crippen molar-refractivity contribution in [2.45, 2.75) is 25.4 Å². The van der Waals surface area contributed by atoms with Crippen molar-refractivity contribution in [3.8, 4) is 0 Å². The number of hydrogen-bond acceptors (Lipinski definition) is 3. The number of carbonyl (C=O) groups excluding carboxylic acids is 1. The van der Waals surface area contributed by atoms with Crippen LogP contribution >= 0.6 is 22.9 Å². The number of carbonyl (C=O) groups is 1. The number of halogens is 1. The maximum Gasteiger partial charge on any atom is 0.254 e. The Labute approximate surface area is 127 Å². The van der Waals surface area contributed by atoms with Crippen LogP contribution in [0.25, 0.3) is 0 Å². The van der Waals surface area contributed by atoms with Crippen molar-refractivity contribution in [1.82, 2.24) is 4.90 Å². The van der Waals surface area contributed by atoms with E-state index >= 15 is 0 Å². The number of benzene rings is 1. The molecule has 0 saturated heterocycles. The van der Waals surface area contributed by atoms with Crippen LogP contribution in [0.5, 0.6) is 0 Å². The average Bonchev–Trinajstić information content (AvgIpc) is 3.15. The summed E-state index contributed by atoms with van der Waals surface area (Å²) in [6, 6.07) is 9.52. The first-order valence-electron chi connectivity index (χ1n) is 6.53. The second-order valence-corrected chi connectivity index (χ2v) is 6.42. The molecule has 0 atom stereocenters. The van der Waals surface area contributed by atoms with Gasteiger partial charge in [0.2, 0.25) is 0 Å². The third kappa shape index (κ3) is 2.81. The average molecular weight is 307 g/mol. The van der Waals surface area contributed by atoms with Gasteiger partial charge >= 0.3 is 0 Å². The molecule has 2 aromatic rings. The van der Waals surface area contributed by atoms with E-state index in [-0.39, 0.29) is 5.91 Å². The molecule has 20 heavy (non-hydrogen) atoms. The predicted octanol–water partition coefficient (Wildman–Crippen LogP) is 3.79. The van der Waals surface area contributed by atoms with Crippen molar-refractivity contribution < 1.29 is 4.79 Å². The summed E-state index contributed by atoms with van der Waals surface area (Å²) in [6.45, 7) is 0.670. The highest BCUT2D eigenvalue weighted by molar-refractivity contribution is 7.09. The number of hydrogen-bond donors (Lipinski definition) is 1. The van der Waals surface area contributed by atoms with E-state index in [1.54, 1.807) is 29.5 Å². The van der Waals surface area contributed by atoms with Crippen molar-refractivity contribution in [2.24, 2.45) is 0 Å². The maximum absolute atomic E-state index is 12.6. The Bertz CT molecular complexity index is 623. The van der Waals surface area contributed by atoms with Gasteiger partial charge in [0.1, 0.15) is 0 Å². The molecule has 0 bridgehead atoms. The Morgan fingerprint density at radius 3 is 2.80 bits per heavy atom. The first kappa shape index (κ1) is 13.5. The molecule has 1 saturated carbocycles. The molecule has 1 aliphatic rings. The zero-order chi connectivity index (χ0) is 14.1. The van der Waals surface area contributed by atoms with Gasteiger partial charge in [-0.25, -0.2) is 0 Å². The molecule has 0 spiro atoms. The predicted molar refractivity (Wildman–Crippen MR) is 83.1 cm³/mol. The number of nitrogens with two attached hydrogens (primary N) is 1. The molecule has 0 radical (unpaired) electrons. The second-order valence-electron chi connectivity index (χ2n) is 4.98. The topological polar surface area (TPSA) is 46.3 Å². The van der Waals surface area contributed by atoms with E-state index < -0.39 is 0 Å². The molecule has 0 unspecified atom stereocenters. The summed E-state index contributed by atoms with van der Waals surface area (Å²) in [6.07, 6.45) is 2.17. The van der Waals surface area contributed by atoms with Gasteiger partial charge in [-0.1, -0.05) is 17.7 Å². The lowest BCUT2D eigenvalue weighted by molar-refractivity contribution is 0.0731. The van der Waals surface area contributed by atoms with Gasteiger partial charge in [0, 0.05) is 16.5 Å². The summed E-state index contributed by atoms with van der Waals surface area (Å²) >= 11 is 7.68. The molecule has 5 heteroatoms. The van der Waals surface area contributed by atoms with Gasteiger partial charge in [-0.3, -0.25) is 4.79 Å². The van der Waals surface area contributed by atoms with Crippen LogP contribution in [0.3, 0.4) is 0 Å². The maximum atomic E-state index is 12.6. The molecule has 1 aliphatic carbocycles. The zero-order valence-electron chi connectivity index (χ0n) is 10.9. The van der Waals surface area contributed by atoms with Gasteiger partial charge in [0.15, 0.2) is 0 Å². The van der Waals surface area contributed by atoms with Crippen LogP contribution in [-0.4, -0.2) is 16.8 Å². The zero-order valence-corrected chi connectivity index (χ0v) is 12.5. The minimum Gasteiger partial charge on any atom is -0.398 e. The fourth-order valence-electron chi connectivity index (χ4n) is 2.15. The Morgan fingerprint density at radius 1 is 1.40 bits per heavy atom. The molecule has 3 nitrogen and oxygen atoms in total. The van der Waals surface area contributed by atoms with Crippen LogP contribution in [-0.2, 0) is 6.54 Å². The smallest absolute Gasteiger partial charge is 0.254 e. The molecule has 1 heterocycles. The van der Waals surface area contributed by atoms with Crippen LogP contribution in [0.1, 0.15) is 28.1 Å². The molecule has 1 amide bonds. The number of nitrogens with zero attached hydrogens (tertiary/aromatic N) is 1. The third-order valence-corrected chi connectivity index (χ3v) is 4.59. The monoisotopic (exact) mass is 306 g/mol. The highest BCUT2D eigenvalue weighted by Crippen LogP contribution is 2.31. The van der Waals surface area contributed by atoms with E-state index in [4.69, 9.17) is 17.3 Å². The first-order valence-corrected chi connectivity index (χ1v) is 7.79. The lowest BCUT2D eigenvalue weighted by atomic mass is 10.1. The number of rotatable bonds is 4. The van der Waals surface area contributed by atoms with Crippen molar-refractivity contribution >= 4 is 34.5 Å². The lowest BCUT2D eigenvalue weighted by Crippen LogP contribution is -2.32. The largest absolute Gasteiger partial charge is 0.398 e. The number of nitrogen functional groups attached to an aromatic ring is 1. The van der Waals surface area contributed by atoms with Crippen molar-refractivity contribution in [3.63, 3.8) is 0 Å². The Morgan fingerprint density at radius 2 is 2.20 bits per heavy atom. The number of anilines is 1. The molecule has 3 rings (SSSR count). The van der Waals surface area contributed by atoms with E-state index in [1.807, 2.05) is 16.3 Å². The van der Waals surface area contributed by atoms with E-state index in [1.165, 1.54) is 4.88 Å². The molecule has 1 aromatic carbocycles. The minimum absolute atomic E-state index is 0.0304. The molecule has 1 fully saturated rings. The molecule has 1 aromatic heterocycles.